The van der Waals surface area contributed by atoms with E-state index in [0.717, 1.165) is 5.56 Å². The van der Waals surface area contributed by atoms with Crippen LogP contribution in [0.1, 0.15) is 29.9 Å². The third-order valence-corrected chi connectivity index (χ3v) is 4.04. The maximum Gasteiger partial charge on any atom is 0.274 e. The second-order valence-corrected chi connectivity index (χ2v) is 6.59. The molecular weight excluding hydrogens is 304 g/mol. The van der Waals surface area contributed by atoms with Gasteiger partial charge in [-0.15, -0.1) is 0 Å². The molecule has 2 heterocycles. The number of anilines is 1. The fourth-order valence-electron chi connectivity index (χ4n) is 2.90. The van der Waals surface area contributed by atoms with Crippen LogP contribution in [0, 0.1) is 5.92 Å². The number of imidazole rings is 1. The molecule has 0 unspecified atom stereocenters. The molecule has 6 heteroatoms. The molecule has 1 aromatic carbocycles. The number of carbonyl (C=O) groups is 2. The van der Waals surface area contributed by atoms with Crippen LogP contribution in [0.3, 0.4) is 0 Å². The first-order chi connectivity index (χ1) is 11.5. The molecule has 0 fully saturated rings. The normalized spacial score (nSPS) is 15.0. The number of hydrogen-bond acceptors (Lipinski definition) is 3. The summed E-state index contributed by atoms with van der Waals surface area (Å²) >= 11 is 0. The lowest BCUT2D eigenvalue weighted by molar-refractivity contribution is -0.119. The fourth-order valence-corrected chi connectivity index (χ4v) is 2.90. The highest BCUT2D eigenvalue weighted by Gasteiger charge is 2.34. The summed E-state index contributed by atoms with van der Waals surface area (Å²) in [6.07, 6.45) is 1.65. The number of hydrogen-bond donors (Lipinski definition) is 0. The molecule has 3 rings (SSSR count). The molecule has 2 aromatic rings. The van der Waals surface area contributed by atoms with Crippen LogP contribution < -0.4 is 4.90 Å². The molecule has 0 bridgehead atoms. The molecule has 6 nitrogen and oxygen atoms in total. The van der Waals surface area contributed by atoms with Gasteiger partial charge < -0.3 is 9.47 Å². The van der Waals surface area contributed by atoms with Crippen molar-refractivity contribution in [1.82, 2.24) is 14.5 Å². The van der Waals surface area contributed by atoms with E-state index in [4.69, 9.17) is 0 Å². The van der Waals surface area contributed by atoms with E-state index in [1.807, 2.05) is 48.7 Å². The molecule has 1 aliphatic rings. The van der Waals surface area contributed by atoms with Gasteiger partial charge in [0.25, 0.3) is 5.91 Å². The van der Waals surface area contributed by atoms with E-state index in [1.54, 1.807) is 18.3 Å². The Morgan fingerprint density at radius 1 is 1.17 bits per heavy atom. The summed E-state index contributed by atoms with van der Waals surface area (Å²) < 4.78 is 1.83. The average molecular weight is 326 g/mol. The van der Waals surface area contributed by atoms with Crippen molar-refractivity contribution < 1.29 is 9.59 Å². The Kier molecular flexibility index (Phi) is 4.38. The molecule has 24 heavy (non-hydrogen) atoms. The maximum atomic E-state index is 12.8. The molecule has 0 saturated heterocycles. The summed E-state index contributed by atoms with van der Waals surface area (Å²) in [6, 6.07) is 9.91. The van der Waals surface area contributed by atoms with Crippen LogP contribution in [-0.2, 0) is 11.3 Å². The molecule has 0 radical (unpaired) electrons. The lowest BCUT2D eigenvalue weighted by Crippen LogP contribution is -2.39. The van der Waals surface area contributed by atoms with Crippen LogP contribution >= 0.6 is 0 Å². The van der Waals surface area contributed by atoms with Gasteiger partial charge in [-0.1, -0.05) is 44.2 Å². The summed E-state index contributed by atoms with van der Waals surface area (Å²) in [5.41, 5.74) is 1.56. The van der Waals surface area contributed by atoms with Crippen molar-refractivity contribution in [3.8, 4) is 0 Å². The van der Waals surface area contributed by atoms with Gasteiger partial charge in [0, 0.05) is 20.1 Å². The summed E-state index contributed by atoms with van der Waals surface area (Å²) in [5.74, 6) is 0.500. The first kappa shape index (κ1) is 16.2. The summed E-state index contributed by atoms with van der Waals surface area (Å²) in [7, 11) is 1.66. The largest absolute Gasteiger partial charge is 0.331 e. The molecule has 126 valence electrons. The smallest absolute Gasteiger partial charge is 0.274 e. The monoisotopic (exact) mass is 326 g/mol. The van der Waals surface area contributed by atoms with Crippen molar-refractivity contribution >= 4 is 17.6 Å². The highest BCUT2D eigenvalue weighted by atomic mass is 16.2. The summed E-state index contributed by atoms with van der Waals surface area (Å²) in [6.45, 7) is 5.27. The number of rotatable bonds is 4. The van der Waals surface area contributed by atoms with Gasteiger partial charge in [-0.2, -0.15) is 0 Å². The van der Waals surface area contributed by atoms with Crippen LogP contribution in [0.25, 0.3) is 0 Å². The van der Waals surface area contributed by atoms with Crippen LogP contribution in [0.2, 0.25) is 0 Å². The Bertz CT molecular complexity index is 752. The Morgan fingerprint density at radius 2 is 1.88 bits per heavy atom. The van der Waals surface area contributed by atoms with Crippen LogP contribution in [0.15, 0.2) is 36.7 Å². The zero-order valence-electron chi connectivity index (χ0n) is 14.3. The molecule has 2 amide bonds. The van der Waals surface area contributed by atoms with Gasteiger partial charge in [0.05, 0.1) is 6.33 Å². The second-order valence-electron chi connectivity index (χ2n) is 6.59. The molecule has 0 atom stereocenters. The number of benzene rings is 1. The zero-order valence-corrected chi connectivity index (χ0v) is 14.3. The standard InChI is InChI=1S/C18H22N4O2/c1-13(2)9-22-15(23)11-20(3)18(24)16-17(22)19-12-21(16)10-14-7-5-4-6-8-14/h4-8,12-13H,9-11H2,1-3H3. The lowest BCUT2D eigenvalue weighted by atomic mass is 10.2. The Balaban J connectivity index is 2.03. The minimum absolute atomic E-state index is 0.0766. The highest BCUT2D eigenvalue weighted by Crippen LogP contribution is 2.25. The van der Waals surface area contributed by atoms with E-state index < -0.39 is 0 Å². The van der Waals surface area contributed by atoms with Crippen LogP contribution in [0.5, 0.6) is 0 Å². The molecule has 1 aromatic heterocycles. The first-order valence-electron chi connectivity index (χ1n) is 8.12. The number of nitrogens with zero attached hydrogens (tertiary/aromatic N) is 4. The van der Waals surface area contributed by atoms with Gasteiger partial charge in [0.2, 0.25) is 5.91 Å². The molecule has 0 saturated carbocycles. The zero-order chi connectivity index (χ0) is 17.3. The number of amides is 2. The molecule has 0 N–H and O–H groups in total. The molecule has 1 aliphatic heterocycles. The van der Waals surface area contributed by atoms with Crippen molar-refractivity contribution in [2.24, 2.45) is 5.92 Å². The first-order valence-corrected chi connectivity index (χ1v) is 8.12. The molecule has 0 aliphatic carbocycles. The number of carbonyl (C=O) groups excluding carboxylic acids is 2. The fraction of sp³-hybridized carbons (Fsp3) is 0.389. The van der Waals surface area contributed by atoms with Crippen molar-refractivity contribution in [3.05, 3.63) is 47.9 Å². The van der Waals surface area contributed by atoms with E-state index in [-0.39, 0.29) is 18.4 Å². The Morgan fingerprint density at radius 3 is 2.54 bits per heavy atom. The van der Waals surface area contributed by atoms with Gasteiger partial charge in [0.1, 0.15) is 6.54 Å². The van der Waals surface area contributed by atoms with Crippen molar-refractivity contribution in [1.29, 1.82) is 0 Å². The van der Waals surface area contributed by atoms with Gasteiger partial charge >= 0.3 is 0 Å². The topological polar surface area (TPSA) is 58.4 Å². The van der Waals surface area contributed by atoms with Crippen molar-refractivity contribution in [2.45, 2.75) is 20.4 Å². The van der Waals surface area contributed by atoms with E-state index in [0.29, 0.717) is 30.5 Å². The van der Waals surface area contributed by atoms with E-state index in [2.05, 4.69) is 4.98 Å². The third-order valence-electron chi connectivity index (χ3n) is 4.04. The molecular formula is C18H22N4O2. The maximum absolute atomic E-state index is 12.8. The SMILES string of the molecule is CC(C)CN1C(=O)CN(C)C(=O)c2c1ncn2Cc1ccccc1. The summed E-state index contributed by atoms with van der Waals surface area (Å²) in [5, 5.41) is 0. The van der Waals surface area contributed by atoms with Crippen LogP contribution in [0.4, 0.5) is 5.82 Å². The van der Waals surface area contributed by atoms with Gasteiger partial charge in [0.15, 0.2) is 11.5 Å². The minimum Gasteiger partial charge on any atom is -0.331 e. The number of likely N-dealkylation sites (N-methyl/N-ethyl adjacent to an activating group) is 1. The van der Waals surface area contributed by atoms with Gasteiger partial charge in [-0.05, 0) is 11.5 Å². The summed E-state index contributed by atoms with van der Waals surface area (Å²) in [4.78, 5) is 32.8. The average Bonchev–Trinajstić information content (AvgIpc) is 2.92. The Labute approximate surface area is 141 Å². The quantitative estimate of drug-likeness (QED) is 0.863. The second kappa shape index (κ2) is 6.47. The van der Waals surface area contributed by atoms with E-state index in [1.165, 1.54) is 4.90 Å². The third kappa shape index (κ3) is 3.04. The predicted octanol–water partition coefficient (Wildman–Crippen LogP) is 2.01. The predicted molar refractivity (Wildman–Crippen MR) is 91.9 cm³/mol. The van der Waals surface area contributed by atoms with E-state index in [9.17, 15) is 9.59 Å². The van der Waals surface area contributed by atoms with E-state index >= 15 is 0 Å². The van der Waals surface area contributed by atoms with Crippen molar-refractivity contribution in [3.63, 3.8) is 0 Å². The molecule has 0 spiro atoms. The van der Waals surface area contributed by atoms with Gasteiger partial charge in [-0.25, -0.2) is 4.98 Å². The Hall–Kier alpha value is -2.63. The lowest BCUT2D eigenvalue weighted by Gasteiger charge is -2.21. The number of aromatic nitrogens is 2. The van der Waals surface area contributed by atoms with Gasteiger partial charge in [-0.3, -0.25) is 14.5 Å². The van der Waals surface area contributed by atoms with Crippen molar-refractivity contribution in [2.75, 3.05) is 25.0 Å². The highest BCUT2D eigenvalue weighted by molar-refractivity contribution is 6.07. The number of fused-ring (bicyclic) bond motifs is 1. The minimum atomic E-state index is -0.168. The van der Waals surface area contributed by atoms with Crippen LogP contribution in [-0.4, -0.2) is 46.4 Å².